The number of fused-ring (bicyclic) bond motifs is 1. The Kier molecular flexibility index (Phi) is 4.19. The third kappa shape index (κ3) is 2.96. The zero-order valence-corrected chi connectivity index (χ0v) is 14.4. The summed E-state index contributed by atoms with van der Waals surface area (Å²) in [6.07, 6.45) is 2.71. The Hall–Kier alpha value is -2.75. The summed E-state index contributed by atoms with van der Waals surface area (Å²) < 4.78 is 30.1. The molecule has 4 rings (SSSR count). The molecule has 26 heavy (non-hydrogen) atoms. The maximum Gasteiger partial charge on any atom is 0.314 e. The summed E-state index contributed by atoms with van der Waals surface area (Å²) in [4.78, 5) is 23.1. The monoisotopic (exact) mass is 377 g/mol. The highest BCUT2D eigenvalue weighted by Crippen LogP contribution is 2.33. The lowest BCUT2D eigenvalue weighted by Crippen LogP contribution is -2.39. The number of hydrogen-bond acceptors (Lipinski definition) is 7. The van der Waals surface area contributed by atoms with Gasteiger partial charge in [0.15, 0.2) is 0 Å². The van der Waals surface area contributed by atoms with Gasteiger partial charge in [-0.3, -0.25) is 9.78 Å². The topological polar surface area (TPSA) is 85.0 Å². The molecule has 0 aromatic carbocycles. The van der Waals surface area contributed by atoms with Crippen LogP contribution in [-0.2, 0) is 17.8 Å². The number of hydrogen-bond donors (Lipinski definition) is 0. The summed E-state index contributed by atoms with van der Waals surface area (Å²) in [6, 6.07) is 1.91. The Morgan fingerprint density at radius 1 is 1.38 bits per heavy atom. The second-order valence-corrected chi connectivity index (χ2v) is 7.01. The summed E-state index contributed by atoms with van der Waals surface area (Å²) in [6.45, 7) is 2.15. The van der Waals surface area contributed by atoms with Crippen LogP contribution < -0.4 is 4.90 Å². The summed E-state index contributed by atoms with van der Waals surface area (Å²) in [5.74, 6) is -0.867. The molecular formula is C16H13F2N5O2S. The van der Waals surface area contributed by atoms with Gasteiger partial charge in [-0.15, -0.1) is 21.5 Å². The molecule has 0 N–H and O–H groups in total. The van der Waals surface area contributed by atoms with E-state index in [9.17, 15) is 13.6 Å². The van der Waals surface area contributed by atoms with E-state index in [4.69, 9.17) is 4.42 Å². The van der Waals surface area contributed by atoms with Crippen LogP contribution in [0.3, 0.4) is 0 Å². The molecule has 1 unspecified atom stereocenters. The van der Waals surface area contributed by atoms with Crippen molar-refractivity contribution < 1.29 is 18.0 Å². The Balaban J connectivity index is 1.60. The van der Waals surface area contributed by atoms with E-state index in [0.29, 0.717) is 16.3 Å². The molecule has 1 atom stereocenters. The second-order valence-electron chi connectivity index (χ2n) is 5.90. The van der Waals surface area contributed by atoms with Crippen molar-refractivity contribution in [1.82, 2.24) is 20.2 Å². The van der Waals surface area contributed by atoms with E-state index in [-0.39, 0.29) is 24.3 Å². The molecule has 0 spiro atoms. The molecule has 0 saturated heterocycles. The molecule has 0 saturated carbocycles. The highest BCUT2D eigenvalue weighted by Gasteiger charge is 2.31. The average molecular weight is 377 g/mol. The van der Waals surface area contributed by atoms with Crippen LogP contribution in [-0.4, -0.2) is 26.1 Å². The summed E-state index contributed by atoms with van der Waals surface area (Å²) in [5, 5.41) is 7.56. The minimum absolute atomic E-state index is 0.0000249. The molecule has 3 aromatic heterocycles. The predicted octanol–water partition coefficient (Wildman–Crippen LogP) is 3.25. The lowest BCUT2D eigenvalue weighted by Gasteiger charge is -2.31. The van der Waals surface area contributed by atoms with Gasteiger partial charge in [-0.25, -0.2) is 4.98 Å². The van der Waals surface area contributed by atoms with Crippen LogP contribution in [0, 0.1) is 5.92 Å². The minimum Gasteiger partial charge on any atom is -0.414 e. The number of carbonyl (C=O) groups excluding carboxylic acids is 1. The number of pyridine rings is 1. The zero-order chi connectivity index (χ0) is 18.3. The van der Waals surface area contributed by atoms with Gasteiger partial charge in [0.05, 0.1) is 24.6 Å². The molecule has 0 bridgehead atoms. The first-order valence-corrected chi connectivity index (χ1v) is 8.65. The fourth-order valence-electron chi connectivity index (χ4n) is 2.84. The summed E-state index contributed by atoms with van der Waals surface area (Å²) in [5.41, 5.74) is 1.83. The molecular weight excluding hydrogens is 364 g/mol. The normalized spacial score (nSPS) is 17.0. The number of halogens is 2. The van der Waals surface area contributed by atoms with Crippen LogP contribution in [0.15, 0.2) is 29.1 Å². The van der Waals surface area contributed by atoms with E-state index >= 15 is 0 Å². The molecule has 1 aliphatic rings. The van der Waals surface area contributed by atoms with E-state index < -0.39 is 12.3 Å². The number of rotatable bonds is 4. The van der Waals surface area contributed by atoms with Crippen LogP contribution in [0.4, 0.5) is 14.5 Å². The van der Waals surface area contributed by atoms with Crippen molar-refractivity contribution in [3.63, 3.8) is 0 Å². The van der Waals surface area contributed by atoms with Gasteiger partial charge in [-0.2, -0.15) is 8.78 Å². The number of alkyl halides is 2. The first kappa shape index (κ1) is 16.7. The molecule has 0 radical (unpaired) electrons. The summed E-state index contributed by atoms with van der Waals surface area (Å²) >= 11 is 1.22. The van der Waals surface area contributed by atoms with Crippen molar-refractivity contribution in [3.8, 4) is 10.8 Å². The molecule has 4 heterocycles. The second kappa shape index (κ2) is 6.52. The lowest BCUT2D eigenvalue weighted by molar-refractivity contribution is -0.122. The van der Waals surface area contributed by atoms with Crippen molar-refractivity contribution in [2.45, 2.75) is 26.3 Å². The Labute approximate surface area is 150 Å². The van der Waals surface area contributed by atoms with E-state index in [1.165, 1.54) is 17.5 Å². The van der Waals surface area contributed by atoms with Gasteiger partial charge in [0.1, 0.15) is 9.88 Å². The number of carbonyl (C=O) groups is 1. The number of aromatic nitrogens is 4. The third-order valence-electron chi connectivity index (χ3n) is 4.08. The molecule has 10 heteroatoms. The molecule has 0 aliphatic carbocycles. The predicted molar refractivity (Wildman–Crippen MR) is 88.7 cm³/mol. The van der Waals surface area contributed by atoms with Gasteiger partial charge < -0.3 is 9.32 Å². The maximum atomic E-state index is 12.6. The molecule has 1 amide bonds. The fraction of sp³-hybridized carbons (Fsp3) is 0.312. The van der Waals surface area contributed by atoms with Crippen LogP contribution in [0.25, 0.3) is 10.8 Å². The van der Waals surface area contributed by atoms with Gasteiger partial charge >= 0.3 is 6.43 Å². The van der Waals surface area contributed by atoms with E-state index in [2.05, 4.69) is 20.2 Å². The Bertz CT molecular complexity index is 958. The van der Waals surface area contributed by atoms with E-state index in [1.54, 1.807) is 17.3 Å². The highest BCUT2D eigenvalue weighted by molar-refractivity contribution is 7.15. The van der Waals surface area contributed by atoms with Crippen molar-refractivity contribution in [3.05, 3.63) is 41.1 Å². The van der Waals surface area contributed by atoms with E-state index in [1.807, 2.05) is 13.0 Å². The highest BCUT2D eigenvalue weighted by atomic mass is 32.1. The number of nitrogens with zero attached hydrogens (tertiary/aromatic N) is 5. The first-order valence-electron chi connectivity index (χ1n) is 7.84. The van der Waals surface area contributed by atoms with Crippen LogP contribution >= 0.6 is 11.3 Å². The zero-order valence-electron chi connectivity index (χ0n) is 13.6. The fourth-order valence-corrected chi connectivity index (χ4v) is 3.66. The number of amides is 1. The van der Waals surface area contributed by atoms with Crippen molar-refractivity contribution in [1.29, 1.82) is 0 Å². The maximum absolute atomic E-state index is 12.6. The van der Waals surface area contributed by atoms with Crippen LogP contribution in [0.5, 0.6) is 0 Å². The van der Waals surface area contributed by atoms with Gasteiger partial charge in [0, 0.05) is 12.1 Å². The Morgan fingerprint density at radius 3 is 3.00 bits per heavy atom. The third-order valence-corrected chi connectivity index (χ3v) is 5.05. The largest absolute Gasteiger partial charge is 0.414 e. The molecule has 1 aliphatic heterocycles. The standard InChI is InChI=1S/C16H13F2N5O2S/c1-8-4-9-2-3-19-5-10(9)23(16(8)24)7-12-20-6-11(26-12)14-21-22-15(25-14)13(17)18/h2-3,5-6,8,13H,4,7H2,1H3. The SMILES string of the molecule is CC1Cc2ccncc2N(Cc2ncc(-c3nnc(C(F)F)o3)s2)C1=O. The first-order chi connectivity index (χ1) is 12.5. The van der Waals surface area contributed by atoms with Gasteiger partial charge in [0.25, 0.3) is 11.8 Å². The number of thiazole rings is 1. The summed E-state index contributed by atoms with van der Waals surface area (Å²) in [7, 11) is 0. The van der Waals surface area contributed by atoms with Gasteiger partial charge in [-0.05, 0) is 18.1 Å². The van der Waals surface area contributed by atoms with Gasteiger partial charge in [0.2, 0.25) is 5.91 Å². The lowest BCUT2D eigenvalue weighted by atomic mass is 9.94. The minimum atomic E-state index is -2.82. The van der Waals surface area contributed by atoms with Crippen LogP contribution in [0.2, 0.25) is 0 Å². The average Bonchev–Trinajstić information content (AvgIpc) is 3.28. The molecule has 0 fully saturated rings. The smallest absolute Gasteiger partial charge is 0.314 e. The quantitative estimate of drug-likeness (QED) is 0.694. The number of anilines is 1. The molecule has 7 nitrogen and oxygen atoms in total. The van der Waals surface area contributed by atoms with Crippen molar-refractivity contribution in [2.24, 2.45) is 5.92 Å². The Morgan fingerprint density at radius 2 is 2.23 bits per heavy atom. The molecule has 3 aromatic rings. The van der Waals surface area contributed by atoms with Crippen molar-refractivity contribution >= 4 is 22.9 Å². The van der Waals surface area contributed by atoms with E-state index in [0.717, 1.165) is 11.3 Å². The van der Waals surface area contributed by atoms with Gasteiger partial charge in [-0.1, -0.05) is 6.92 Å². The van der Waals surface area contributed by atoms with Crippen molar-refractivity contribution in [2.75, 3.05) is 4.90 Å². The molecule has 134 valence electrons. The van der Waals surface area contributed by atoms with Crippen LogP contribution in [0.1, 0.15) is 29.8 Å².